The van der Waals surface area contributed by atoms with Crippen molar-refractivity contribution in [2.45, 2.75) is 38.0 Å². The Hall–Kier alpha value is -1.97. The van der Waals surface area contributed by atoms with Crippen molar-refractivity contribution < 1.29 is 4.39 Å². The summed E-state index contributed by atoms with van der Waals surface area (Å²) in [6.45, 7) is 0. The van der Waals surface area contributed by atoms with Crippen LogP contribution in [0.5, 0.6) is 0 Å². The Morgan fingerprint density at radius 2 is 1.80 bits per heavy atom. The number of aromatic nitrogens is 2. The van der Waals surface area contributed by atoms with Gasteiger partial charge in [-0.2, -0.15) is 0 Å². The number of anilines is 1. The highest BCUT2D eigenvalue weighted by atomic mass is 19.1. The molecule has 1 aromatic carbocycles. The first kappa shape index (κ1) is 13.0. The third-order valence-electron chi connectivity index (χ3n) is 3.86. The second-order valence-corrected chi connectivity index (χ2v) is 5.42. The Kier molecular flexibility index (Phi) is 3.63. The van der Waals surface area contributed by atoms with E-state index in [-0.39, 0.29) is 5.82 Å². The van der Waals surface area contributed by atoms with Crippen LogP contribution in [-0.4, -0.2) is 9.97 Å². The molecule has 1 fully saturated rings. The van der Waals surface area contributed by atoms with Crippen molar-refractivity contribution in [2.75, 3.05) is 5.73 Å². The van der Waals surface area contributed by atoms with E-state index in [1.165, 1.54) is 37.8 Å². The van der Waals surface area contributed by atoms with Crippen LogP contribution in [0.15, 0.2) is 30.3 Å². The minimum atomic E-state index is -0.228. The molecule has 3 nitrogen and oxygen atoms in total. The van der Waals surface area contributed by atoms with Gasteiger partial charge in [-0.3, -0.25) is 0 Å². The van der Waals surface area contributed by atoms with E-state index < -0.39 is 0 Å². The molecule has 0 atom stereocenters. The van der Waals surface area contributed by atoms with Gasteiger partial charge in [0.25, 0.3) is 0 Å². The number of hydrogen-bond donors (Lipinski definition) is 1. The number of nitrogens with two attached hydrogens (primary N) is 1. The van der Waals surface area contributed by atoms with Crippen molar-refractivity contribution in [1.29, 1.82) is 0 Å². The molecule has 1 aliphatic rings. The molecule has 0 unspecified atom stereocenters. The average molecular weight is 271 g/mol. The zero-order valence-electron chi connectivity index (χ0n) is 11.3. The largest absolute Gasteiger partial charge is 0.384 e. The van der Waals surface area contributed by atoms with Gasteiger partial charge in [0.05, 0.1) is 0 Å². The number of nitrogens with zero attached hydrogens (tertiary/aromatic N) is 2. The topological polar surface area (TPSA) is 51.8 Å². The van der Waals surface area contributed by atoms with E-state index in [1.54, 1.807) is 12.1 Å². The summed E-state index contributed by atoms with van der Waals surface area (Å²) in [4.78, 5) is 8.94. The molecule has 1 aliphatic carbocycles. The van der Waals surface area contributed by atoms with Crippen molar-refractivity contribution in [1.82, 2.24) is 9.97 Å². The Morgan fingerprint density at radius 3 is 2.50 bits per heavy atom. The highest BCUT2D eigenvalue weighted by Crippen LogP contribution is 2.33. The molecule has 3 rings (SSSR count). The Morgan fingerprint density at radius 1 is 1.10 bits per heavy atom. The summed E-state index contributed by atoms with van der Waals surface area (Å²) >= 11 is 0. The highest BCUT2D eigenvalue weighted by molar-refractivity contribution is 5.33. The lowest BCUT2D eigenvalue weighted by molar-refractivity contribution is 0.627. The van der Waals surface area contributed by atoms with Gasteiger partial charge in [-0.15, -0.1) is 0 Å². The maximum Gasteiger partial charge on any atom is 0.135 e. The number of hydrogen-bond acceptors (Lipinski definition) is 3. The fraction of sp³-hybridized carbons (Fsp3) is 0.375. The predicted octanol–water partition coefficient (Wildman–Crippen LogP) is 3.45. The van der Waals surface area contributed by atoms with Gasteiger partial charge in [-0.05, 0) is 30.5 Å². The van der Waals surface area contributed by atoms with Crippen LogP contribution in [0.25, 0.3) is 0 Å². The molecule has 0 aliphatic heterocycles. The van der Waals surface area contributed by atoms with Crippen molar-refractivity contribution in [3.63, 3.8) is 0 Å². The van der Waals surface area contributed by atoms with Gasteiger partial charge in [-0.25, -0.2) is 14.4 Å². The highest BCUT2D eigenvalue weighted by Gasteiger charge is 2.19. The van der Waals surface area contributed by atoms with Crippen LogP contribution in [0.2, 0.25) is 0 Å². The summed E-state index contributed by atoms with van der Waals surface area (Å²) < 4.78 is 12.9. The summed E-state index contributed by atoms with van der Waals surface area (Å²) in [5.41, 5.74) is 7.95. The number of nitrogen functional groups attached to an aromatic ring is 1. The van der Waals surface area contributed by atoms with E-state index in [9.17, 15) is 4.39 Å². The smallest absolute Gasteiger partial charge is 0.135 e. The molecule has 2 aromatic rings. The predicted molar refractivity (Wildman–Crippen MR) is 76.9 cm³/mol. The molecule has 1 aromatic heterocycles. The van der Waals surface area contributed by atoms with Gasteiger partial charge in [0.15, 0.2) is 0 Å². The quantitative estimate of drug-likeness (QED) is 0.930. The zero-order chi connectivity index (χ0) is 13.9. The zero-order valence-corrected chi connectivity index (χ0v) is 11.3. The SMILES string of the molecule is Nc1cc(C2CCCC2)nc(Cc2ccc(F)cc2)n1. The molecule has 2 N–H and O–H groups in total. The molecule has 4 heteroatoms. The maximum atomic E-state index is 12.9. The molecular formula is C16H18FN3. The molecule has 0 amide bonds. The molecule has 104 valence electrons. The average Bonchev–Trinajstić information content (AvgIpc) is 2.95. The van der Waals surface area contributed by atoms with Crippen molar-refractivity contribution >= 4 is 5.82 Å². The number of benzene rings is 1. The second kappa shape index (κ2) is 5.57. The van der Waals surface area contributed by atoms with E-state index in [2.05, 4.69) is 9.97 Å². The van der Waals surface area contributed by atoms with Crippen molar-refractivity contribution in [2.24, 2.45) is 0 Å². The lowest BCUT2D eigenvalue weighted by Gasteiger charge is -2.11. The summed E-state index contributed by atoms with van der Waals surface area (Å²) in [7, 11) is 0. The van der Waals surface area contributed by atoms with E-state index in [0.29, 0.717) is 18.2 Å². The fourth-order valence-electron chi connectivity index (χ4n) is 2.83. The summed E-state index contributed by atoms with van der Waals surface area (Å²) in [6.07, 6.45) is 5.49. The van der Waals surface area contributed by atoms with Gasteiger partial charge in [0.2, 0.25) is 0 Å². The van der Waals surface area contributed by atoms with Crippen LogP contribution in [0.4, 0.5) is 10.2 Å². The van der Waals surface area contributed by atoms with Crippen LogP contribution < -0.4 is 5.73 Å². The first-order chi connectivity index (χ1) is 9.70. The molecule has 1 heterocycles. The molecule has 20 heavy (non-hydrogen) atoms. The first-order valence-corrected chi connectivity index (χ1v) is 7.08. The molecular weight excluding hydrogens is 253 g/mol. The van der Waals surface area contributed by atoms with Gasteiger partial charge >= 0.3 is 0 Å². The first-order valence-electron chi connectivity index (χ1n) is 7.08. The van der Waals surface area contributed by atoms with Crippen LogP contribution in [0, 0.1) is 5.82 Å². The second-order valence-electron chi connectivity index (χ2n) is 5.42. The normalized spacial score (nSPS) is 15.7. The lowest BCUT2D eigenvalue weighted by Crippen LogP contribution is -2.06. The lowest BCUT2D eigenvalue weighted by atomic mass is 10.0. The van der Waals surface area contributed by atoms with Gasteiger partial charge in [0, 0.05) is 24.1 Å². The Balaban J connectivity index is 1.83. The van der Waals surface area contributed by atoms with Crippen LogP contribution in [-0.2, 0) is 6.42 Å². The number of halogens is 1. The third-order valence-corrected chi connectivity index (χ3v) is 3.86. The van der Waals surface area contributed by atoms with Gasteiger partial charge in [0.1, 0.15) is 17.5 Å². The summed E-state index contributed by atoms with van der Waals surface area (Å²) in [5, 5.41) is 0. The maximum absolute atomic E-state index is 12.9. The van der Waals surface area contributed by atoms with E-state index in [0.717, 1.165) is 17.1 Å². The monoisotopic (exact) mass is 271 g/mol. The van der Waals surface area contributed by atoms with Gasteiger partial charge in [-0.1, -0.05) is 25.0 Å². The standard InChI is InChI=1S/C16H18FN3/c17-13-7-5-11(6-8-13)9-16-19-14(10-15(18)20-16)12-3-1-2-4-12/h5-8,10,12H,1-4,9H2,(H2,18,19,20). The molecule has 0 radical (unpaired) electrons. The summed E-state index contributed by atoms with van der Waals surface area (Å²) in [5.74, 6) is 1.54. The molecule has 0 spiro atoms. The molecule has 1 saturated carbocycles. The fourth-order valence-corrected chi connectivity index (χ4v) is 2.83. The van der Waals surface area contributed by atoms with E-state index >= 15 is 0 Å². The molecule has 0 saturated heterocycles. The minimum Gasteiger partial charge on any atom is -0.384 e. The van der Waals surface area contributed by atoms with Crippen LogP contribution in [0.3, 0.4) is 0 Å². The van der Waals surface area contributed by atoms with Crippen molar-refractivity contribution in [3.05, 3.63) is 53.2 Å². The number of rotatable bonds is 3. The Labute approximate surface area is 118 Å². The molecule has 0 bridgehead atoms. The van der Waals surface area contributed by atoms with Gasteiger partial charge < -0.3 is 5.73 Å². The third kappa shape index (κ3) is 2.95. The van der Waals surface area contributed by atoms with Crippen LogP contribution >= 0.6 is 0 Å². The van der Waals surface area contributed by atoms with Crippen LogP contribution in [0.1, 0.15) is 48.7 Å². The summed E-state index contributed by atoms with van der Waals surface area (Å²) in [6, 6.07) is 8.33. The van der Waals surface area contributed by atoms with Crippen molar-refractivity contribution in [3.8, 4) is 0 Å². The Bertz CT molecular complexity index is 589. The minimum absolute atomic E-state index is 0.228. The van der Waals surface area contributed by atoms with E-state index in [4.69, 9.17) is 5.73 Å². The van der Waals surface area contributed by atoms with E-state index in [1.807, 2.05) is 6.07 Å².